The van der Waals surface area contributed by atoms with Gasteiger partial charge >= 0.3 is 6.18 Å². The van der Waals surface area contributed by atoms with Crippen molar-refractivity contribution in [3.05, 3.63) is 52.5 Å². The van der Waals surface area contributed by atoms with Crippen LogP contribution in [0.15, 0.2) is 41.8 Å². The number of pyridine rings is 1. The molecule has 0 spiro atoms. The molecular weight excluding hydrogens is 367 g/mol. The van der Waals surface area contributed by atoms with Gasteiger partial charge in [-0.15, -0.1) is 0 Å². The van der Waals surface area contributed by atoms with E-state index in [0.717, 1.165) is 17.7 Å². The number of halogens is 4. The largest absolute Gasteiger partial charge is 0.416 e. The number of nitrogens with one attached hydrogen (secondary N) is 1. The number of nitrogens with zero attached hydrogens (tertiary/aromatic N) is 2. The van der Waals surface area contributed by atoms with Crippen LogP contribution >= 0.6 is 11.6 Å². The van der Waals surface area contributed by atoms with Gasteiger partial charge in [0.05, 0.1) is 11.1 Å². The zero-order valence-corrected chi connectivity index (χ0v) is 15.6. The lowest BCUT2D eigenvalue weighted by atomic mass is 10.1. The monoisotopic (exact) mass is 387 g/mol. The number of hydrogen-bond donors (Lipinski definition) is 1. The number of amides is 1. The van der Waals surface area contributed by atoms with Gasteiger partial charge in [0.25, 0.3) is 5.91 Å². The Kier molecular flexibility index (Phi) is 6.01. The van der Waals surface area contributed by atoms with Crippen LogP contribution in [0.1, 0.15) is 32.3 Å². The molecule has 0 radical (unpaired) electrons. The van der Waals surface area contributed by atoms with Gasteiger partial charge in [0.1, 0.15) is 10.9 Å². The van der Waals surface area contributed by atoms with Crippen molar-refractivity contribution in [1.29, 1.82) is 0 Å². The number of allylic oxidation sites excluding steroid dienone is 2. The molecule has 1 aromatic heterocycles. The van der Waals surface area contributed by atoms with Crippen LogP contribution in [0.25, 0.3) is 0 Å². The van der Waals surface area contributed by atoms with Crippen LogP contribution in [0.5, 0.6) is 0 Å². The molecule has 0 aromatic carbocycles. The van der Waals surface area contributed by atoms with Gasteiger partial charge in [0.2, 0.25) is 0 Å². The lowest BCUT2D eigenvalue weighted by Gasteiger charge is -2.27. The molecule has 1 amide bonds. The summed E-state index contributed by atoms with van der Waals surface area (Å²) in [4.78, 5) is 18.0. The lowest BCUT2D eigenvalue weighted by molar-refractivity contribution is -0.120. The predicted molar refractivity (Wildman–Crippen MR) is 94.5 cm³/mol. The maximum atomic E-state index is 12.9. The number of carbonyl (C=O) groups is 1. The molecule has 1 aliphatic carbocycles. The van der Waals surface area contributed by atoms with E-state index in [0.29, 0.717) is 18.0 Å². The first-order valence-corrected chi connectivity index (χ1v) is 8.74. The van der Waals surface area contributed by atoms with Crippen LogP contribution in [-0.4, -0.2) is 35.6 Å². The first-order chi connectivity index (χ1) is 12.2. The van der Waals surface area contributed by atoms with E-state index < -0.39 is 23.2 Å². The van der Waals surface area contributed by atoms with E-state index in [4.69, 9.17) is 11.6 Å². The van der Waals surface area contributed by atoms with Crippen LogP contribution in [0.4, 0.5) is 13.2 Å². The standard InChI is InChI=1S/C16H15ClF3N3O.C2H6/c1-23-7-4-10(16(18,19)20)8-12(23)14(24)22-15(5-6-15)11-2-3-13(17)21-9-11;1-2/h2-4,8-9H,5-7H2,1H3,(H,22,24);1-2H3. The molecule has 1 aromatic rings. The molecule has 142 valence electrons. The van der Waals surface area contributed by atoms with E-state index in [-0.39, 0.29) is 12.2 Å². The Balaban J connectivity index is 0.00000117. The zero-order valence-electron chi connectivity index (χ0n) is 14.8. The number of hydrogen-bond acceptors (Lipinski definition) is 3. The average Bonchev–Trinajstić information content (AvgIpc) is 3.37. The van der Waals surface area contributed by atoms with Crippen molar-refractivity contribution in [1.82, 2.24) is 15.2 Å². The van der Waals surface area contributed by atoms with E-state index in [1.807, 2.05) is 13.8 Å². The van der Waals surface area contributed by atoms with Crippen molar-refractivity contribution in [2.45, 2.75) is 38.4 Å². The van der Waals surface area contributed by atoms with Crippen molar-refractivity contribution < 1.29 is 18.0 Å². The molecular formula is C18H21ClF3N3O. The normalized spacial score (nSPS) is 18.2. The van der Waals surface area contributed by atoms with Gasteiger partial charge in [-0.3, -0.25) is 4.79 Å². The topological polar surface area (TPSA) is 45.2 Å². The molecule has 0 saturated heterocycles. The Labute approximate surface area is 155 Å². The Morgan fingerprint density at radius 1 is 1.31 bits per heavy atom. The van der Waals surface area contributed by atoms with Crippen LogP contribution in [0.2, 0.25) is 5.15 Å². The third-order valence-electron chi connectivity index (χ3n) is 4.23. The van der Waals surface area contributed by atoms with Gasteiger partial charge in [-0.1, -0.05) is 37.6 Å². The highest BCUT2D eigenvalue weighted by Crippen LogP contribution is 2.45. The molecule has 3 rings (SSSR count). The number of alkyl halides is 3. The second-order valence-electron chi connectivity index (χ2n) is 5.97. The zero-order chi connectivity index (χ0) is 19.5. The Morgan fingerprint density at radius 3 is 2.46 bits per heavy atom. The predicted octanol–water partition coefficient (Wildman–Crippen LogP) is 4.18. The molecule has 1 saturated carbocycles. The summed E-state index contributed by atoms with van der Waals surface area (Å²) in [5.41, 5.74) is -0.580. The molecule has 1 aliphatic heterocycles. The van der Waals surface area contributed by atoms with Gasteiger partial charge in [0.15, 0.2) is 0 Å². The van der Waals surface area contributed by atoms with Crippen molar-refractivity contribution in [3.8, 4) is 0 Å². The quantitative estimate of drug-likeness (QED) is 0.791. The molecule has 1 fully saturated rings. The van der Waals surface area contributed by atoms with E-state index in [2.05, 4.69) is 10.3 Å². The summed E-state index contributed by atoms with van der Waals surface area (Å²) in [6.45, 7) is 4.03. The lowest BCUT2D eigenvalue weighted by Crippen LogP contribution is -2.41. The molecule has 1 N–H and O–H groups in total. The Bertz CT molecular complexity index is 722. The number of aromatic nitrogens is 1. The van der Waals surface area contributed by atoms with Crippen molar-refractivity contribution in [2.24, 2.45) is 0 Å². The summed E-state index contributed by atoms with van der Waals surface area (Å²) in [5, 5.41) is 3.19. The third-order valence-corrected chi connectivity index (χ3v) is 4.45. The van der Waals surface area contributed by atoms with Gasteiger partial charge in [-0.25, -0.2) is 4.98 Å². The van der Waals surface area contributed by atoms with Gasteiger partial charge in [0, 0.05) is 19.8 Å². The summed E-state index contributed by atoms with van der Waals surface area (Å²) in [5.74, 6) is -0.528. The van der Waals surface area contributed by atoms with E-state index in [9.17, 15) is 18.0 Å². The molecule has 2 aliphatic rings. The van der Waals surface area contributed by atoms with Crippen molar-refractivity contribution in [2.75, 3.05) is 13.6 Å². The van der Waals surface area contributed by atoms with E-state index in [1.165, 1.54) is 4.90 Å². The number of rotatable bonds is 3. The summed E-state index contributed by atoms with van der Waals surface area (Å²) in [6, 6.07) is 3.39. The Morgan fingerprint density at radius 2 is 1.96 bits per heavy atom. The van der Waals surface area contributed by atoms with Gasteiger partial charge in [-0.2, -0.15) is 13.2 Å². The smallest absolute Gasteiger partial charge is 0.366 e. The fraction of sp³-hybridized carbons (Fsp3) is 0.444. The fourth-order valence-electron chi connectivity index (χ4n) is 2.64. The molecule has 8 heteroatoms. The molecule has 0 unspecified atom stereocenters. The van der Waals surface area contributed by atoms with Crippen LogP contribution in [-0.2, 0) is 10.3 Å². The van der Waals surface area contributed by atoms with Crippen molar-refractivity contribution >= 4 is 17.5 Å². The maximum absolute atomic E-state index is 12.9. The van der Waals surface area contributed by atoms with Crippen LogP contribution in [0.3, 0.4) is 0 Å². The minimum atomic E-state index is -4.47. The average molecular weight is 388 g/mol. The van der Waals surface area contributed by atoms with E-state index in [1.54, 1.807) is 25.4 Å². The highest BCUT2D eigenvalue weighted by Gasteiger charge is 2.47. The molecule has 0 bridgehead atoms. The maximum Gasteiger partial charge on any atom is 0.416 e. The third kappa shape index (κ3) is 4.38. The minimum Gasteiger partial charge on any atom is -0.366 e. The number of likely N-dealkylation sites (N-methyl/N-ethyl adjacent to an activating group) is 1. The summed E-state index contributed by atoms with van der Waals surface area (Å²) in [7, 11) is 1.58. The SMILES string of the molecule is CC.CN1CC=C(C(F)(F)F)C=C1C(=O)NC1(c2ccc(Cl)nc2)CC1. The summed E-state index contributed by atoms with van der Waals surface area (Å²) >= 11 is 5.76. The second kappa shape index (κ2) is 7.70. The number of carbonyl (C=O) groups excluding carboxylic acids is 1. The molecule has 2 heterocycles. The second-order valence-corrected chi connectivity index (χ2v) is 6.36. The molecule has 0 atom stereocenters. The molecule has 26 heavy (non-hydrogen) atoms. The van der Waals surface area contributed by atoms with E-state index >= 15 is 0 Å². The molecule has 4 nitrogen and oxygen atoms in total. The van der Waals surface area contributed by atoms with Crippen LogP contribution < -0.4 is 5.32 Å². The van der Waals surface area contributed by atoms with Crippen molar-refractivity contribution in [3.63, 3.8) is 0 Å². The van der Waals surface area contributed by atoms with Gasteiger partial charge in [-0.05, 0) is 30.5 Å². The first-order valence-electron chi connectivity index (χ1n) is 8.36. The minimum absolute atomic E-state index is 0.00183. The first kappa shape index (κ1) is 20.3. The van der Waals surface area contributed by atoms with Gasteiger partial charge < -0.3 is 10.2 Å². The Hall–Kier alpha value is -2.02. The summed E-state index contributed by atoms with van der Waals surface area (Å²) < 4.78 is 38.6. The highest BCUT2D eigenvalue weighted by atomic mass is 35.5. The van der Waals surface area contributed by atoms with Crippen LogP contribution in [0, 0.1) is 0 Å². The summed E-state index contributed by atoms with van der Waals surface area (Å²) in [6.07, 6.45) is 0.476. The fourth-order valence-corrected chi connectivity index (χ4v) is 2.75. The highest BCUT2D eigenvalue weighted by molar-refractivity contribution is 6.29.